The molecule has 0 aliphatic heterocycles. The molecule has 2 aromatic rings. The Morgan fingerprint density at radius 3 is 2.50 bits per heavy atom. The zero-order valence-electron chi connectivity index (χ0n) is 14.7. The molecule has 0 amide bonds. The highest BCUT2D eigenvalue weighted by atomic mass is 35.5. The number of nitrogens with zero attached hydrogens (tertiary/aromatic N) is 1. The highest BCUT2D eigenvalue weighted by molar-refractivity contribution is 6.35. The summed E-state index contributed by atoms with van der Waals surface area (Å²) in [6.45, 7) is 6.18. The van der Waals surface area contributed by atoms with Gasteiger partial charge in [-0.2, -0.15) is 0 Å². The van der Waals surface area contributed by atoms with E-state index < -0.39 is 4.92 Å². The van der Waals surface area contributed by atoms with E-state index in [1.807, 2.05) is 20.8 Å². The molecule has 0 bridgehead atoms. The number of ether oxygens (including phenoxy) is 2. The Kier molecular flexibility index (Phi) is 7.08. The number of benzene rings is 2. The van der Waals surface area contributed by atoms with Gasteiger partial charge in [-0.1, -0.05) is 23.2 Å². The van der Waals surface area contributed by atoms with Crippen molar-refractivity contribution in [2.45, 2.75) is 33.0 Å². The van der Waals surface area contributed by atoms with Crippen molar-refractivity contribution >= 4 is 34.6 Å². The second-order valence-corrected chi connectivity index (χ2v) is 6.83. The molecule has 1 N–H and O–H groups in total. The Bertz CT molecular complexity index is 784. The number of rotatable bonds is 8. The molecular formula is C18H20Cl2N2O4. The van der Waals surface area contributed by atoms with Gasteiger partial charge in [0.1, 0.15) is 17.2 Å². The van der Waals surface area contributed by atoms with Crippen molar-refractivity contribution in [3.63, 3.8) is 0 Å². The fraction of sp³-hybridized carbons (Fsp3) is 0.333. The molecule has 8 heteroatoms. The first kappa shape index (κ1) is 20.3. The lowest BCUT2D eigenvalue weighted by Crippen LogP contribution is -2.23. The summed E-state index contributed by atoms with van der Waals surface area (Å²) in [5.74, 6) is 0.826. The molecule has 0 saturated heterocycles. The molecule has 0 fully saturated rings. The van der Waals surface area contributed by atoms with Crippen molar-refractivity contribution in [2.75, 3.05) is 11.9 Å². The monoisotopic (exact) mass is 398 g/mol. The van der Waals surface area contributed by atoms with Gasteiger partial charge in [-0.3, -0.25) is 10.1 Å². The molecule has 0 radical (unpaired) electrons. The molecular weight excluding hydrogens is 379 g/mol. The van der Waals surface area contributed by atoms with Crippen LogP contribution in [0.15, 0.2) is 36.4 Å². The van der Waals surface area contributed by atoms with Crippen molar-refractivity contribution in [2.24, 2.45) is 0 Å². The average Bonchev–Trinajstić information content (AvgIpc) is 2.55. The van der Waals surface area contributed by atoms with Gasteiger partial charge in [0.25, 0.3) is 5.69 Å². The van der Waals surface area contributed by atoms with Gasteiger partial charge in [-0.15, -0.1) is 0 Å². The highest BCUT2D eigenvalue weighted by Crippen LogP contribution is 2.35. The lowest BCUT2D eigenvalue weighted by molar-refractivity contribution is -0.384. The Morgan fingerprint density at radius 1 is 1.15 bits per heavy atom. The van der Waals surface area contributed by atoms with Gasteiger partial charge in [0.05, 0.1) is 22.2 Å². The smallest absolute Gasteiger partial charge is 0.292 e. The van der Waals surface area contributed by atoms with Crippen LogP contribution in [-0.4, -0.2) is 23.7 Å². The number of hydrogen-bond acceptors (Lipinski definition) is 5. The predicted octanol–water partition coefficient (Wildman–Crippen LogP) is 5.92. The quantitative estimate of drug-likeness (QED) is 0.441. The van der Waals surface area contributed by atoms with E-state index in [1.54, 1.807) is 24.3 Å². The van der Waals surface area contributed by atoms with Gasteiger partial charge in [-0.05, 0) is 45.0 Å². The number of anilines is 1. The van der Waals surface area contributed by atoms with E-state index >= 15 is 0 Å². The van der Waals surface area contributed by atoms with Crippen molar-refractivity contribution in [3.05, 3.63) is 56.6 Å². The normalized spacial score (nSPS) is 12.1. The van der Waals surface area contributed by atoms with E-state index in [4.69, 9.17) is 32.7 Å². The number of hydrogen-bond donors (Lipinski definition) is 1. The first-order chi connectivity index (χ1) is 12.3. The second-order valence-electron chi connectivity index (χ2n) is 5.99. The summed E-state index contributed by atoms with van der Waals surface area (Å²) in [4.78, 5) is 10.8. The van der Waals surface area contributed by atoms with E-state index in [9.17, 15) is 10.1 Å². The molecule has 6 nitrogen and oxygen atoms in total. The van der Waals surface area contributed by atoms with E-state index in [0.29, 0.717) is 33.8 Å². The molecule has 140 valence electrons. The maximum atomic E-state index is 11.3. The fourth-order valence-electron chi connectivity index (χ4n) is 2.33. The minimum Gasteiger partial charge on any atom is -0.456 e. The largest absolute Gasteiger partial charge is 0.456 e. The first-order valence-electron chi connectivity index (χ1n) is 8.07. The minimum atomic E-state index is -0.449. The van der Waals surface area contributed by atoms with Crippen LogP contribution in [0.4, 0.5) is 11.4 Å². The predicted molar refractivity (Wildman–Crippen MR) is 104 cm³/mol. The van der Waals surface area contributed by atoms with Gasteiger partial charge in [0.15, 0.2) is 0 Å². The second kappa shape index (κ2) is 9.07. The summed E-state index contributed by atoms with van der Waals surface area (Å²) in [5, 5.41) is 15.2. The van der Waals surface area contributed by atoms with Crippen LogP contribution in [0, 0.1) is 10.1 Å². The molecule has 26 heavy (non-hydrogen) atoms. The Hall–Kier alpha value is -2.02. The standard InChI is InChI=1S/C18H20Cl2N2O4/c1-11(2)25-12(3)10-21-16-9-14(5-6-17(16)22(23)24)26-18-7-4-13(19)8-15(18)20/h4-9,11-12,21H,10H2,1-3H3. The maximum Gasteiger partial charge on any atom is 0.292 e. The van der Waals surface area contributed by atoms with Gasteiger partial charge in [0.2, 0.25) is 0 Å². The van der Waals surface area contributed by atoms with Crippen LogP contribution < -0.4 is 10.1 Å². The van der Waals surface area contributed by atoms with Crippen molar-refractivity contribution in [1.29, 1.82) is 0 Å². The van der Waals surface area contributed by atoms with Crippen LogP contribution in [0.2, 0.25) is 10.0 Å². The summed E-state index contributed by atoms with van der Waals surface area (Å²) in [5.41, 5.74) is 0.299. The minimum absolute atomic E-state index is 0.0451. The molecule has 0 heterocycles. The number of nitro groups is 1. The molecule has 0 saturated carbocycles. The Morgan fingerprint density at radius 2 is 1.88 bits per heavy atom. The number of nitrogens with one attached hydrogen (secondary N) is 1. The van der Waals surface area contributed by atoms with Crippen LogP contribution in [-0.2, 0) is 4.74 Å². The van der Waals surface area contributed by atoms with E-state index in [0.717, 1.165) is 0 Å². The molecule has 0 aromatic heterocycles. The molecule has 1 unspecified atom stereocenters. The van der Waals surface area contributed by atoms with Crippen molar-refractivity contribution in [3.8, 4) is 11.5 Å². The molecule has 0 aliphatic rings. The molecule has 0 spiro atoms. The average molecular weight is 399 g/mol. The van der Waals surface area contributed by atoms with Gasteiger partial charge < -0.3 is 14.8 Å². The summed E-state index contributed by atoms with van der Waals surface area (Å²) in [6, 6.07) is 9.31. The Balaban J connectivity index is 2.20. The van der Waals surface area contributed by atoms with Crippen LogP contribution in [0.1, 0.15) is 20.8 Å². The van der Waals surface area contributed by atoms with Crippen molar-refractivity contribution < 1.29 is 14.4 Å². The summed E-state index contributed by atoms with van der Waals surface area (Å²) < 4.78 is 11.4. The highest BCUT2D eigenvalue weighted by Gasteiger charge is 2.16. The fourth-order valence-corrected chi connectivity index (χ4v) is 2.78. The molecule has 1 atom stereocenters. The molecule has 2 aromatic carbocycles. The zero-order valence-corrected chi connectivity index (χ0v) is 16.2. The summed E-state index contributed by atoms with van der Waals surface area (Å²) in [7, 11) is 0. The van der Waals surface area contributed by atoms with Crippen LogP contribution in [0.3, 0.4) is 0 Å². The van der Waals surface area contributed by atoms with Crippen LogP contribution >= 0.6 is 23.2 Å². The third-order valence-corrected chi connectivity index (χ3v) is 3.90. The lowest BCUT2D eigenvalue weighted by Gasteiger charge is -2.17. The maximum absolute atomic E-state index is 11.3. The SMILES string of the molecule is CC(C)OC(C)CNc1cc(Oc2ccc(Cl)cc2Cl)ccc1[N+](=O)[O-]. The third-order valence-electron chi connectivity index (χ3n) is 3.37. The molecule has 2 rings (SSSR count). The zero-order chi connectivity index (χ0) is 19.3. The number of nitro benzene ring substituents is 1. The van der Waals surface area contributed by atoms with E-state index in [1.165, 1.54) is 12.1 Å². The van der Waals surface area contributed by atoms with Crippen molar-refractivity contribution in [1.82, 2.24) is 0 Å². The van der Waals surface area contributed by atoms with E-state index in [-0.39, 0.29) is 17.9 Å². The number of halogens is 2. The van der Waals surface area contributed by atoms with Gasteiger partial charge in [-0.25, -0.2) is 0 Å². The topological polar surface area (TPSA) is 73.6 Å². The summed E-state index contributed by atoms with van der Waals surface area (Å²) >= 11 is 12.0. The third kappa shape index (κ3) is 5.76. The van der Waals surface area contributed by atoms with Crippen LogP contribution in [0.5, 0.6) is 11.5 Å². The molecule has 0 aliphatic carbocycles. The van der Waals surface area contributed by atoms with E-state index in [2.05, 4.69) is 5.32 Å². The van der Waals surface area contributed by atoms with Crippen LogP contribution in [0.25, 0.3) is 0 Å². The van der Waals surface area contributed by atoms with Gasteiger partial charge >= 0.3 is 0 Å². The first-order valence-corrected chi connectivity index (χ1v) is 8.82. The lowest BCUT2D eigenvalue weighted by atomic mass is 10.2. The Labute approximate surface area is 162 Å². The summed E-state index contributed by atoms with van der Waals surface area (Å²) in [6.07, 6.45) is -0.0339. The van der Waals surface area contributed by atoms with Gasteiger partial charge in [0, 0.05) is 23.7 Å².